The maximum atomic E-state index is 11.9. The topological polar surface area (TPSA) is 126 Å². The highest BCUT2D eigenvalue weighted by atomic mass is 127. The van der Waals surface area contributed by atoms with Crippen molar-refractivity contribution in [3.63, 3.8) is 0 Å². The molecule has 2 rings (SSSR count). The van der Waals surface area contributed by atoms with E-state index in [-0.39, 0.29) is 41.0 Å². The van der Waals surface area contributed by atoms with Gasteiger partial charge in [0.2, 0.25) is 10.0 Å². The lowest BCUT2D eigenvalue weighted by Gasteiger charge is -2.31. The largest absolute Gasteiger partial charge is 0.450 e. The Bertz CT molecular complexity index is 778. The molecule has 0 unspecified atom stereocenters. The van der Waals surface area contributed by atoms with Crippen LogP contribution in [0.4, 0.5) is 4.79 Å². The molecule has 9 nitrogen and oxygen atoms in total. The number of hydrogen-bond donors (Lipinski definition) is 3. The molecule has 0 saturated carbocycles. The van der Waals surface area contributed by atoms with Gasteiger partial charge in [-0.25, -0.2) is 22.9 Å². The second kappa shape index (κ2) is 12.2. The van der Waals surface area contributed by atoms with Gasteiger partial charge in [-0.1, -0.05) is 19.1 Å². The third-order valence-corrected chi connectivity index (χ3v) is 5.93. The summed E-state index contributed by atoms with van der Waals surface area (Å²) in [4.78, 5) is 17.9. The van der Waals surface area contributed by atoms with Crippen LogP contribution in [0.2, 0.25) is 0 Å². The molecule has 164 valence electrons. The number of ether oxygens (including phenoxy) is 1. The minimum atomic E-state index is -3.45. The van der Waals surface area contributed by atoms with Gasteiger partial charge >= 0.3 is 6.09 Å². The van der Waals surface area contributed by atoms with E-state index < -0.39 is 10.0 Å². The first-order valence-corrected chi connectivity index (χ1v) is 10.9. The number of guanidine groups is 1. The molecule has 1 fully saturated rings. The number of sulfonamides is 1. The minimum Gasteiger partial charge on any atom is -0.450 e. The molecule has 4 N–H and O–H groups in total. The van der Waals surface area contributed by atoms with E-state index in [1.54, 1.807) is 43.0 Å². The second-order valence-electron chi connectivity index (χ2n) is 6.45. The van der Waals surface area contributed by atoms with Crippen molar-refractivity contribution in [1.82, 2.24) is 14.9 Å². The molecule has 0 spiro atoms. The fourth-order valence-electron chi connectivity index (χ4n) is 2.90. The van der Waals surface area contributed by atoms with Crippen LogP contribution in [0.5, 0.6) is 0 Å². The standard InChI is InChI=1S/C18H29N5O4S.HI/c1-3-21-28(25,26)16-7-5-14(6-8-16)13-20-17(19)22-15-9-11-23(12-10-15)18(24)27-4-2;/h5-8,15,21H,3-4,9-13H2,1-2H3,(H3,19,20,22);1H. The van der Waals surface area contributed by atoms with E-state index in [4.69, 9.17) is 10.5 Å². The summed E-state index contributed by atoms with van der Waals surface area (Å²) >= 11 is 0. The average molecular weight is 539 g/mol. The van der Waals surface area contributed by atoms with Crippen molar-refractivity contribution >= 4 is 46.1 Å². The molecule has 29 heavy (non-hydrogen) atoms. The van der Waals surface area contributed by atoms with Crippen molar-refractivity contribution in [2.45, 2.75) is 44.2 Å². The Labute approximate surface area is 189 Å². The number of likely N-dealkylation sites (tertiary alicyclic amines) is 1. The monoisotopic (exact) mass is 539 g/mol. The molecule has 1 heterocycles. The number of carbonyl (C=O) groups excluding carboxylic acids is 1. The van der Waals surface area contributed by atoms with Crippen LogP contribution >= 0.6 is 24.0 Å². The average Bonchev–Trinajstić information content (AvgIpc) is 2.67. The molecule has 0 aromatic heterocycles. The smallest absolute Gasteiger partial charge is 0.409 e. The van der Waals surface area contributed by atoms with Gasteiger partial charge < -0.3 is 20.7 Å². The summed E-state index contributed by atoms with van der Waals surface area (Å²) in [5, 5.41) is 3.18. The SMILES string of the molecule is CCNS(=O)(=O)c1ccc(CN=C(N)NC2CCN(C(=O)OCC)CC2)cc1.I. The van der Waals surface area contributed by atoms with E-state index in [1.165, 1.54) is 0 Å². The van der Waals surface area contributed by atoms with Gasteiger partial charge in [0.1, 0.15) is 0 Å². The molecule has 0 radical (unpaired) electrons. The van der Waals surface area contributed by atoms with Gasteiger partial charge in [-0.3, -0.25) is 0 Å². The van der Waals surface area contributed by atoms with Gasteiger partial charge in [0.05, 0.1) is 18.0 Å². The third kappa shape index (κ3) is 7.97. The quantitative estimate of drug-likeness (QED) is 0.275. The first kappa shape index (κ1) is 25.4. The first-order chi connectivity index (χ1) is 13.4. The number of benzene rings is 1. The van der Waals surface area contributed by atoms with E-state index in [2.05, 4.69) is 15.0 Å². The van der Waals surface area contributed by atoms with Gasteiger partial charge in [0, 0.05) is 25.7 Å². The Balaban J connectivity index is 0.00000420. The highest BCUT2D eigenvalue weighted by Gasteiger charge is 2.23. The predicted molar refractivity (Wildman–Crippen MR) is 123 cm³/mol. The van der Waals surface area contributed by atoms with Crippen LogP contribution in [0.1, 0.15) is 32.3 Å². The number of nitrogens with one attached hydrogen (secondary N) is 2. The minimum absolute atomic E-state index is 0. The lowest BCUT2D eigenvalue weighted by molar-refractivity contribution is 0.0963. The molecule has 1 aliphatic rings. The molecule has 11 heteroatoms. The number of nitrogens with two attached hydrogens (primary N) is 1. The summed E-state index contributed by atoms with van der Waals surface area (Å²) < 4.78 is 31.3. The van der Waals surface area contributed by atoms with Crippen molar-refractivity contribution in [3.8, 4) is 0 Å². The Morgan fingerprint density at radius 2 is 1.86 bits per heavy atom. The molecule has 1 aromatic carbocycles. The summed E-state index contributed by atoms with van der Waals surface area (Å²) in [7, 11) is -3.45. The summed E-state index contributed by atoms with van der Waals surface area (Å²) in [6, 6.07) is 6.70. The third-order valence-electron chi connectivity index (χ3n) is 4.37. The predicted octanol–water partition coefficient (Wildman–Crippen LogP) is 1.63. The zero-order valence-electron chi connectivity index (χ0n) is 16.8. The highest BCUT2D eigenvalue weighted by molar-refractivity contribution is 14.0. The molecular formula is C18H30IN5O4S. The fraction of sp³-hybridized carbons (Fsp3) is 0.556. The van der Waals surface area contributed by atoms with Gasteiger partial charge in [0.15, 0.2) is 5.96 Å². The van der Waals surface area contributed by atoms with E-state index >= 15 is 0 Å². The maximum Gasteiger partial charge on any atom is 0.409 e. The van der Waals surface area contributed by atoms with E-state index in [0.29, 0.717) is 38.7 Å². The molecule has 1 amide bonds. The normalized spacial score (nSPS) is 15.5. The Morgan fingerprint density at radius 3 is 2.41 bits per heavy atom. The molecular weight excluding hydrogens is 509 g/mol. The molecule has 0 atom stereocenters. The van der Waals surface area contributed by atoms with Crippen molar-refractivity contribution in [2.24, 2.45) is 10.7 Å². The van der Waals surface area contributed by atoms with Crippen molar-refractivity contribution in [1.29, 1.82) is 0 Å². The summed E-state index contributed by atoms with van der Waals surface area (Å²) in [6.45, 7) is 5.82. The molecule has 0 aliphatic carbocycles. The van der Waals surface area contributed by atoms with Gasteiger partial charge in [-0.05, 0) is 37.5 Å². The zero-order valence-corrected chi connectivity index (χ0v) is 19.9. The van der Waals surface area contributed by atoms with Crippen LogP contribution < -0.4 is 15.8 Å². The lowest BCUT2D eigenvalue weighted by Crippen LogP contribution is -2.48. The van der Waals surface area contributed by atoms with Crippen LogP contribution in [-0.4, -0.2) is 57.7 Å². The molecule has 1 aromatic rings. The number of carbonyl (C=O) groups is 1. The van der Waals surface area contributed by atoms with Crippen LogP contribution in [0.25, 0.3) is 0 Å². The molecule has 0 bridgehead atoms. The Kier molecular flexibility index (Phi) is 10.7. The number of amides is 1. The second-order valence-corrected chi connectivity index (χ2v) is 8.22. The highest BCUT2D eigenvalue weighted by Crippen LogP contribution is 2.12. The summed E-state index contributed by atoms with van der Waals surface area (Å²) in [6.07, 6.45) is 1.26. The number of rotatable bonds is 7. The Hall–Kier alpha value is -1.60. The molecule has 1 aliphatic heterocycles. The summed E-state index contributed by atoms with van der Waals surface area (Å²) in [5.41, 5.74) is 6.82. The zero-order chi connectivity index (χ0) is 20.6. The van der Waals surface area contributed by atoms with Gasteiger partial charge in [0.25, 0.3) is 0 Å². The van der Waals surface area contributed by atoms with E-state index in [1.807, 2.05) is 0 Å². The maximum absolute atomic E-state index is 11.9. The lowest BCUT2D eigenvalue weighted by atomic mass is 10.1. The van der Waals surface area contributed by atoms with Crippen LogP contribution in [0.3, 0.4) is 0 Å². The number of nitrogens with zero attached hydrogens (tertiary/aromatic N) is 2. The van der Waals surface area contributed by atoms with Gasteiger partial charge in [-0.15, -0.1) is 24.0 Å². The fourth-order valence-corrected chi connectivity index (χ4v) is 3.94. The van der Waals surface area contributed by atoms with Crippen molar-refractivity contribution in [2.75, 3.05) is 26.2 Å². The van der Waals surface area contributed by atoms with Crippen LogP contribution in [0.15, 0.2) is 34.2 Å². The molecule has 1 saturated heterocycles. The number of halogens is 1. The summed E-state index contributed by atoms with van der Waals surface area (Å²) in [5.74, 6) is 0.332. The Morgan fingerprint density at radius 1 is 1.24 bits per heavy atom. The van der Waals surface area contributed by atoms with Crippen LogP contribution in [-0.2, 0) is 21.3 Å². The first-order valence-electron chi connectivity index (χ1n) is 9.42. The van der Waals surface area contributed by atoms with Crippen LogP contribution in [0, 0.1) is 0 Å². The van der Waals surface area contributed by atoms with Gasteiger partial charge in [-0.2, -0.15) is 0 Å². The number of piperidine rings is 1. The van der Waals surface area contributed by atoms with E-state index in [9.17, 15) is 13.2 Å². The van der Waals surface area contributed by atoms with Crippen molar-refractivity contribution < 1.29 is 17.9 Å². The van der Waals surface area contributed by atoms with E-state index in [0.717, 1.165) is 18.4 Å². The van der Waals surface area contributed by atoms with Crippen molar-refractivity contribution in [3.05, 3.63) is 29.8 Å². The number of hydrogen-bond acceptors (Lipinski definition) is 5. The number of aliphatic imine (C=N–C) groups is 1.